The van der Waals surface area contributed by atoms with Gasteiger partial charge < -0.3 is 14.4 Å². The van der Waals surface area contributed by atoms with Gasteiger partial charge in [0.2, 0.25) is 5.72 Å². The van der Waals surface area contributed by atoms with Crippen LogP contribution in [0.25, 0.3) is 6.08 Å². The zero-order valence-corrected chi connectivity index (χ0v) is 16.6. The predicted octanol–water partition coefficient (Wildman–Crippen LogP) is 4.91. The van der Waals surface area contributed by atoms with Crippen molar-refractivity contribution in [1.29, 1.82) is 0 Å². The molecule has 0 amide bonds. The predicted molar refractivity (Wildman–Crippen MR) is 109 cm³/mol. The Morgan fingerprint density at radius 2 is 2.00 bits per heavy atom. The van der Waals surface area contributed by atoms with E-state index >= 15 is 0 Å². The number of ether oxygens (including phenoxy) is 2. The van der Waals surface area contributed by atoms with Crippen LogP contribution in [0.1, 0.15) is 38.3 Å². The minimum absolute atomic E-state index is 0.0146. The second-order valence-corrected chi connectivity index (χ2v) is 7.75. The van der Waals surface area contributed by atoms with Crippen LogP contribution in [0, 0.1) is 10.1 Å². The number of rotatable bonds is 4. The molecule has 2 aliphatic rings. The molecule has 0 saturated carbocycles. The fourth-order valence-electron chi connectivity index (χ4n) is 4.43. The summed E-state index contributed by atoms with van der Waals surface area (Å²) in [4.78, 5) is 13.1. The lowest BCUT2D eigenvalue weighted by Gasteiger charge is -2.47. The third-order valence-corrected chi connectivity index (χ3v) is 5.86. The van der Waals surface area contributed by atoms with Gasteiger partial charge in [0.15, 0.2) is 11.5 Å². The molecule has 146 valence electrons. The number of methoxy groups -OCH3 is 1. The number of nitro groups is 1. The number of anilines is 1. The SMILES string of the molecule is CCCN1c2ccccc2C(C)(C)C12C=Cc1cc([N+](=O)[O-])cc(OC)c1O2. The second-order valence-electron chi connectivity index (χ2n) is 7.75. The van der Waals surface area contributed by atoms with Gasteiger partial charge in [0.25, 0.3) is 5.69 Å². The van der Waals surface area contributed by atoms with E-state index in [1.165, 1.54) is 24.8 Å². The molecule has 6 nitrogen and oxygen atoms in total. The van der Waals surface area contributed by atoms with Crippen molar-refractivity contribution in [3.8, 4) is 11.5 Å². The summed E-state index contributed by atoms with van der Waals surface area (Å²) in [6.07, 6.45) is 4.92. The lowest BCUT2D eigenvalue weighted by Crippen LogP contribution is -2.59. The first kappa shape index (κ1) is 18.3. The molecule has 0 aromatic heterocycles. The van der Waals surface area contributed by atoms with E-state index in [9.17, 15) is 10.1 Å². The van der Waals surface area contributed by atoms with Crippen molar-refractivity contribution in [2.75, 3.05) is 18.6 Å². The lowest BCUT2D eigenvalue weighted by molar-refractivity contribution is -0.385. The van der Waals surface area contributed by atoms with Gasteiger partial charge in [-0.15, -0.1) is 0 Å². The summed E-state index contributed by atoms with van der Waals surface area (Å²) in [6.45, 7) is 7.32. The minimum atomic E-state index is -0.733. The molecule has 0 N–H and O–H groups in total. The summed E-state index contributed by atoms with van der Waals surface area (Å²) in [5.74, 6) is 0.911. The Balaban J connectivity index is 1.91. The van der Waals surface area contributed by atoms with Gasteiger partial charge in [-0.25, -0.2) is 0 Å². The Hall–Kier alpha value is -3.02. The number of benzene rings is 2. The Kier molecular flexibility index (Phi) is 4.10. The largest absolute Gasteiger partial charge is 0.493 e. The summed E-state index contributed by atoms with van der Waals surface area (Å²) in [5.41, 5.74) is 1.95. The minimum Gasteiger partial charge on any atom is -0.493 e. The normalized spacial score (nSPS) is 21.2. The summed E-state index contributed by atoms with van der Waals surface area (Å²) in [5, 5.41) is 11.3. The van der Waals surface area contributed by atoms with Crippen molar-refractivity contribution in [3.63, 3.8) is 0 Å². The smallest absolute Gasteiger partial charge is 0.274 e. The number of hydrogen-bond acceptors (Lipinski definition) is 5. The fourth-order valence-corrected chi connectivity index (χ4v) is 4.43. The highest BCUT2D eigenvalue weighted by atomic mass is 16.6. The van der Waals surface area contributed by atoms with Crippen LogP contribution in [0.2, 0.25) is 0 Å². The molecule has 4 rings (SSSR count). The maximum atomic E-state index is 11.3. The molecule has 1 unspecified atom stereocenters. The first-order chi connectivity index (χ1) is 13.4. The molecule has 1 atom stereocenters. The Labute approximate surface area is 164 Å². The van der Waals surface area contributed by atoms with E-state index in [0.717, 1.165) is 18.7 Å². The number of non-ortho nitro benzene ring substituents is 1. The summed E-state index contributed by atoms with van der Waals surface area (Å²) >= 11 is 0. The van der Waals surface area contributed by atoms with E-state index < -0.39 is 10.6 Å². The first-order valence-electron chi connectivity index (χ1n) is 9.47. The van der Waals surface area contributed by atoms with Crippen LogP contribution in [0.15, 0.2) is 42.5 Å². The van der Waals surface area contributed by atoms with Gasteiger partial charge in [-0.3, -0.25) is 10.1 Å². The van der Waals surface area contributed by atoms with Crippen LogP contribution in [0.4, 0.5) is 11.4 Å². The molecule has 0 radical (unpaired) electrons. The van der Waals surface area contributed by atoms with Crippen LogP contribution in [0.5, 0.6) is 11.5 Å². The summed E-state index contributed by atoms with van der Waals surface area (Å²) < 4.78 is 12.2. The molecule has 2 aromatic carbocycles. The van der Waals surface area contributed by atoms with Gasteiger partial charge in [-0.05, 0) is 44.1 Å². The molecule has 2 heterocycles. The fraction of sp³-hybridized carbons (Fsp3) is 0.364. The zero-order chi connectivity index (χ0) is 20.1. The molecule has 0 bridgehead atoms. The van der Waals surface area contributed by atoms with Gasteiger partial charge in [0, 0.05) is 23.9 Å². The molecule has 0 fully saturated rings. The Bertz CT molecular complexity index is 982. The van der Waals surface area contributed by atoms with Crippen molar-refractivity contribution < 1.29 is 14.4 Å². The van der Waals surface area contributed by atoms with Gasteiger partial charge >= 0.3 is 0 Å². The van der Waals surface area contributed by atoms with Gasteiger partial charge in [0.1, 0.15) is 0 Å². The van der Waals surface area contributed by atoms with Crippen molar-refractivity contribution in [2.24, 2.45) is 0 Å². The Morgan fingerprint density at radius 3 is 2.68 bits per heavy atom. The van der Waals surface area contributed by atoms with Crippen molar-refractivity contribution in [2.45, 2.75) is 38.3 Å². The highest BCUT2D eigenvalue weighted by molar-refractivity contribution is 5.75. The molecular weight excluding hydrogens is 356 g/mol. The van der Waals surface area contributed by atoms with E-state index in [-0.39, 0.29) is 11.1 Å². The molecule has 1 spiro atoms. The highest BCUT2D eigenvalue weighted by Gasteiger charge is 2.58. The highest BCUT2D eigenvalue weighted by Crippen LogP contribution is 2.56. The molecular formula is C22H24N2O4. The van der Waals surface area contributed by atoms with E-state index in [4.69, 9.17) is 9.47 Å². The number of fused-ring (bicyclic) bond motifs is 2. The van der Waals surface area contributed by atoms with Crippen molar-refractivity contribution >= 4 is 17.5 Å². The summed E-state index contributed by atoms with van der Waals surface area (Å²) in [7, 11) is 1.51. The zero-order valence-electron chi connectivity index (χ0n) is 16.6. The second kappa shape index (κ2) is 6.26. The van der Waals surface area contributed by atoms with Crippen molar-refractivity contribution in [3.05, 3.63) is 63.7 Å². The quantitative estimate of drug-likeness (QED) is 0.557. The molecule has 2 aromatic rings. The average molecular weight is 380 g/mol. The van der Waals surface area contributed by atoms with Crippen LogP contribution >= 0.6 is 0 Å². The van der Waals surface area contributed by atoms with E-state index in [0.29, 0.717) is 17.1 Å². The monoisotopic (exact) mass is 380 g/mol. The molecule has 28 heavy (non-hydrogen) atoms. The number of nitrogens with zero attached hydrogens (tertiary/aromatic N) is 2. The molecule has 0 saturated heterocycles. The third kappa shape index (κ3) is 2.33. The number of para-hydroxylation sites is 1. The van der Waals surface area contributed by atoms with Gasteiger partial charge in [0.05, 0.1) is 23.5 Å². The standard InChI is InChI=1S/C22H24N2O4/c1-5-12-23-18-9-7-6-8-17(18)21(2,3)22(23)11-10-15-13-16(24(25)26)14-19(27-4)20(15)28-22/h6-11,13-14H,5,12H2,1-4H3. The first-order valence-corrected chi connectivity index (χ1v) is 9.47. The van der Waals surface area contributed by atoms with E-state index in [1.54, 1.807) is 0 Å². The molecule has 0 aliphatic carbocycles. The van der Waals surface area contributed by atoms with E-state index in [1.807, 2.05) is 24.3 Å². The van der Waals surface area contributed by atoms with Gasteiger partial charge in [-0.2, -0.15) is 0 Å². The number of nitro benzene ring substituents is 1. The lowest BCUT2D eigenvalue weighted by atomic mass is 9.76. The van der Waals surface area contributed by atoms with Crippen LogP contribution in [-0.2, 0) is 5.41 Å². The van der Waals surface area contributed by atoms with Crippen molar-refractivity contribution in [1.82, 2.24) is 0 Å². The maximum absolute atomic E-state index is 11.3. The molecule has 2 aliphatic heterocycles. The van der Waals surface area contributed by atoms with E-state index in [2.05, 4.69) is 37.8 Å². The average Bonchev–Trinajstić information content (AvgIpc) is 2.86. The van der Waals surface area contributed by atoms with Crippen LogP contribution in [-0.4, -0.2) is 24.3 Å². The van der Waals surface area contributed by atoms with Gasteiger partial charge in [-0.1, -0.05) is 25.1 Å². The number of hydrogen-bond donors (Lipinski definition) is 0. The maximum Gasteiger partial charge on any atom is 0.274 e. The van der Waals surface area contributed by atoms with Crippen LogP contribution in [0.3, 0.4) is 0 Å². The topological polar surface area (TPSA) is 64.8 Å². The Morgan fingerprint density at radius 1 is 1.25 bits per heavy atom. The summed E-state index contributed by atoms with van der Waals surface area (Å²) in [6, 6.07) is 11.3. The van der Waals surface area contributed by atoms with Crippen LogP contribution < -0.4 is 14.4 Å². The molecule has 6 heteroatoms. The third-order valence-electron chi connectivity index (χ3n) is 5.86.